The lowest BCUT2D eigenvalue weighted by molar-refractivity contribution is 0.609. The summed E-state index contributed by atoms with van der Waals surface area (Å²) < 4.78 is 37.7. The third-order valence-electron chi connectivity index (χ3n) is 2.96. The van der Waals surface area contributed by atoms with Crippen LogP contribution in [0.15, 0.2) is 58.8 Å². The molecule has 0 spiro atoms. The van der Waals surface area contributed by atoms with Crippen molar-refractivity contribution in [2.75, 3.05) is 11.0 Å². The summed E-state index contributed by atoms with van der Waals surface area (Å²) >= 11 is 0. The summed E-state index contributed by atoms with van der Waals surface area (Å²) in [6.07, 6.45) is 3.11. The number of hydrogen-bond donors (Lipinski definition) is 1. The van der Waals surface area contributed by atoms with E-state index < -0.39 is 20.8 Å². The fourth-order valence-corrected chi connectivity index (χ4v) is 3.15. The molecular formula is C16H17NO3S2. The number of sulfonamides is 1. The van der Waals surface area contributed by atoms with Crippen molar-refractivity contribution in [3.05, 3.63) is 65.1 Å². The van der Waals surface area contributed by atoms with Gasteiger partial charge in [0.25, 0.3) is 10.0 Å². The highest BCUT2D eigenvalue weighted by atomic mass is 32.2. The minimum atomic E-state index is -3.58. The number of nitrogens with one attached hydrogen (secondary N) is 1. The molecule has 0 heterocycles. The van der Waals surface area contributed by atoms with Crippen molar-refractivity contribution < 1.29 is 12.6 Å². The third kappa shape index (κ3) is 4.82. The van der Waals surface area contributed by atoms with Gasteiger partial charge in [-0.25, -0.2) is 8.42 Å². The van der Waals surface area contributed by atoms with E-state index >= 15 is 0 Å². The second-order valence-corrected chi connectivity index (χ2v) is 7.78. The summed E-state index contributed by atoms with van der Waals surface area (Å²) in [5.41, 5.74) is 2.36. The molecule has 1 atom stereocenters. The number of benzene rings is 2. The quantitative estimate of drug-likeness (QED) is 0.913. The van der Waals surface area contributed by atoms with Gasteiger partial charge < -0.3 is 0 Å². The molecule has 0 saturated carbocycles. The van der Waals surface area contributed by atoms with Crippen molar-refractivity contribution in [3.8, 4) is 0 Å². The largest absolute Gasteiger partial charge is 0.280 e. The molecule has 1 N–H and O–H groups in total. The maximum absolute atomic E-state index is 12.0. The zero-order chi connectivity index (χ0) is 16.2. The highest BCUT2D eigenvalue weighted by Crippen LogP contribution is 2.14. The SMILES string of the molecule is Cc1ccc(/C=C\S(=O)(=O)Nc2ccc([S@](C)=O)cc2)cc1. The Morgan fingerprint density at radius 2 is 1.59 bits per heavy atom. The van der Waals surface area contributed by atoms with Crippen molar-refractivity contribution in [1.82, 2.24) is 0 Å². The Morgan fingerprint density at radius 3 is 2.14 bits per heavy atom. The van der Waals surface area contributed by atoms with Crippen LogP contribution in [0.1, 0.15) is 11.1 Å². The lowest BCUT2D eigenvalue weighted by Crippen LogP contribution is -2.08. The normalized spacial score (nSPS) is 13.2. The smallest absolute Gasteiger partial charge is 0.255 e. The van der Waals surface area contributed by atoms with Crippen LogP contribution in [0, 0.1) is 6.92 Å². The van der Waals surface area contributed by atoms with Crippen LogP contribution >= 0.6 is 0 Å². The van der Waals surface area contributed by atoms with E-state index in [0.29, 0.717) is 10.6 Å². The lowest BCUT2D eigenvalue weighted by atomic mass is 10.2. The van der Waals surface area contributed by atoms with E-state index in [0.717, 1.165) is 16.5 Å². The minimum Gasteiger partial charge on any atom is -0.280 e. The van der Waals surface area contributed by atoms with Gasteiger partial charge in [0.2, 0.25) is 0 Å². The topological polar surface area (TPSA) is 63.2 Å². The second kappa shape index (κ2) is 6.89. The fourth-order valence-electron chi connectivity index (χ4n) is 1.76. The zero-order valence-corrected chi connectivity index (χ0v) is 13.9. The number of rotatable bonds is 5. The van der Waals surface area contributed by atoms with Crippen LogP contribution < -0.4 is 4.72 Å². The first-order chi connectivity index (χ1) is 10.4. The summed E-state index contributed by atoms with van der Waals surface area (Å²) in [6, 6.07) is 14.0. The molecule has 0 aromatic heterocycles. The molecule has 2 aromatic carbocycles. The molecule has 0 unspecified atom stereocenters. The molecule has 0 aliphatic carbocycles. The molecular weight excluding hydrogens is 318 g/mol. The lowest BCUT2D eigenvalue weighted by Gasteiger charge is -2.05. The molecule has 6 heteroatoms. The zero-order valence-electron chi connectivity index (χ0n) is 12.3. The van der Waals surface area contributed by atoms with Gasteiger partial charge in [0.1, 0.15) is 0 Å². The van der Waals surface area contributed by atoms with Crippen LogP contribution in [-0.4, -0.2) is 18.9 Å². The van der Waals surface area contributed by atoms with Crippen molar-refractivity contribution in [1.29, 1.82) is 0 Å². The molecule has 2 aromatic rings. The molecule has 0 fully saturated rings. The Labute approximate surface area is 133 Å². The van der Waals surface area contributed by atoms with E-state index in [1.54, 1.807) is 30.5 Å². The van der Waals surface area contributed by atoms with Crippen molar-refractivity contribution >= 4 is 32.6 Å². The van der Waals surface area contributed by atoms with Gasteiger partial charge >= 0.3 is 0 Å². The highest BCUT2D eigenvalue weighted by molar-refractivity contribution is 7.95. The van der Waals surface area contributed by atoms with E-state index in [9.17, 15) is 12.6 Å². The standard InChI is InChI=1S/C16H17NO3S2/c1-13-3-5-14(6-4-13)11-12-22(19,20)17-15-7-9-16(10-8-15)21(2)18/h3-12,17H,1-2H3/b12-11-/t21-/m0/s1. The van der Waals surface area contributed by atoms with Gasteiger partial charge in [0.05, 0.1) is 5.41 Å². The monoisotopic (exact) mass is 335 g/mol. The van der Waals surface area contributed by atoms with Crippen molar-refractivity contribution in [2.24, 2.45) is 0 Å². The molecule has 0 saturated heterocycles. The van der Waals surface area contributed by atoms with Gasteiger partial charge in [0, 0.05) is 27.6 Å². The summed E-state index contributed by atoms with van der Waals surface area (Å²) in [4.78, 5) is 0.651. The summed E-state index contributed by atoms with van der Waals surface area (Å²) in [5, 5.41) is 1.13. The third-order valence-corrected chi connectivity index (χ3v) is 4.91. The Kier molecular flexibility index (Phi) is 5.15. The first-order valence-electron chi connectivity index (χ1n) is 6.57. The predicted molar refractivity (Wildman–Crippen MR) is 91.5 cm³/mol. The van der Waals surface area contributed by atoms with Gasteiger partial charge in [-0.15, -0.1) is 0 Å². The molecule has 0 amide bonds. The summed E-state index contributed by atoms with van der Waals surface area (Å²) in [5.74, 6) is 0. The van der Waals surface area contributed by atoms with Crippen LogP contribution in [0.5, 0.6) is 0 Å². The van der Waals surface area contributed by atoms with Crippen molar-refractivity contribution in [2.45, 2.75) is 11.8 Å². The Balaban J connectivity index is 2.10. The Hall–Kier alpha value is -1.92. The maximum Gasteiger partial charge on any atom is 0.255 e. The number of aryl methyl sites for hydroxylation is 1. The molecule has 4 nitrogen and oxygen atoms in total. The van der Waals surface area contributed by atoms with Crippen LogP contribution in [0.4, 0.5) is 5.69 Å². The van der Waals surface area contributed by atoms with E-state index in [2.05, 4.69) is 4.72 Å². The number of hydrogen-bond acceptors (Lipinski definition) is 3. The van der Waals surface area contributed by atoms with E-state index in [-0.39, 0.29) is 0 Å². The van der Waals surface area contributed by atoms with Crippen molar-refractivity contribution in [3.63, 3.8) is 0 Å². The molecule has 0 aliphatic heterocycles. The molecule has 0 aliphatic rings. The molecule has 22 heavy (non-hydrogen) atoms. The van der Waals surface area contributed by atoms with E-state index in [1.165, 1.54) is 6.08 Å². The molecule has 2 rings (SSSR count). The van der Waals surface area contributed by atoms with Gasteiger partial charge in [-0.3, -0.25) is 8.93 Å². The average Bonchev–Trinajstić information content (AvgIpc) is 2.47. The fraction of sp³-hybridized carbons (Fsp3) is 0.125. The van der Waals surface area contributed by atoms with Gasteiger partial charge in [-0.1, -0.05) is 29.8 Å². The second-order valence-electron chi connectivity index (χ2n) is 4.84. The van der Waals surface area contributed by atoms with Gasteiger partial charge in [0.15, 0.2) is 0 Å². The maximum atomic E-state index is 12.0. The minimum absolute atomic E-state index is 0.433. The highest BCUT2D eigenvalue weighted by Gasteiger charge is 2.06. The Bertz CT molecular complexity index is 792. The average molecular weight is 335 g/mol. The first-order valence-corrected chi connectivity index (χ1v) is 9.67. The van der Waals surface area contributed by atoms with Gasteiger partial charge in [-0.05, 0) is 42.8 Å². The predicted octanol–water partition coefficient (Wildman–Crippen LogP) is 3.15. The van der Waals surface area contributed by atoms with Crippen LogP contribution in [-0.2, 0) is 20.8 Å². The van der Waals surface area contributed by atoms with E-state index in [1.807, 2.05) is 31.2 Å². The summed E-state index contributed by atoms with van der Waals surface area (Å²) in [7, 11) is -4.66. The first kappa shape index (κ1) is 16.5. The van der Waals surface area contributed by atoms with Crippen LogP contribution in [0.3, 0.4) is 0 Å². The van der Waals surface area contributed by atoms with Crippen LogP contribution in [0.2, 0.25) is 0 Å². The Morgan fingerprint density at radius 1 is 1.00 bits per heavy atom. The van der Waals surface area contributed by atoms with Gasteiger partial charge in [-0.2, -0.15) is 0 Å². The summed E-state index contributed by atoms with van der Waals surface area (Å²) in [6.45, 7) is 1.97. The van der Waals surface area contributed by atoms with Crippen LogP contribution in [0.25, 0.3) is 6.08 Å². The number of anilines is 1. The van der Waals surface area contributed by atoms with E-state index in [4.69, 9.17) is 0 Å². The molecule has 116 valence electrons. The molecule has 0 bridgehead atoms. The molecule has 0 radical (unpaired) electrons.